The van der Waals surface area contributed by atoms with Crippen molar-refractivity contribution in [3.63, 3.8) is 0 Å². The van der Waals surface area contributed by atoms with Gasteiger partial charge in [-0.05, 0) is 40.0 Å². The summed E-state index contributed by atoms with van der Waals surface area (Å²) in [7, 11) is 0. The summed E-state index contributed by atoms with van der Waals surface area (Å²) in [5, 5.41) is 2.88. The molecule has 1 saturated carbocycles. The molecule has 3 heteroatoms. The van der Waals surface area contributed by atoms with Gasteiger partial charge in [0.05, 0.1) is 0 Å². The normalized spacial score (nSPS) is 28.9. The Labute approximate surface area is 78.9 Å². The maximum absolute atomic E-state index is 12.8. The first-order valence-electron chi connectivity index (χ1n) is 4.84. The van der Waals surface area contributed by atoms with E-state index in [9.17, 15) is 9.18 Å². The number of amides is 1. The molecule has 1 N–H and O–H groups in total. The number of alkyl halides is 1. The summed E-state index contributed by atoms with van der Waals surface area (Å²) in [6, 6.07) is 0. The predicted molar refractivity (Wildman–Crippen MR) is 50.1 cm³/mol. The summed E-state index contributed by atoms with van der Waals surface area (Å²) in [5.74, 6) is -0.0955. The average Bonchev–Trinajstić information content (AvgIpc) is 2.31. The summed E-state index contributed by atoms with van der Waals surface area (Å²) >= 11 is 0. The van der Waals surface area contributed by atoms with Crippen molar-refractivity contribution in [3.8, 4) is 0 Å². The highest BCUT2D eigenvalue weighted by atomic mass is 19.1. The van der Waals surface area contributed by atoms with Crippen molar-refractivity contribution in [2.45, 2.75) is 51.7 Å². The van der Waals surface area contributed by atoms with Crippen LogP contribution in [0.2, 0.25) is 0 Å². The third-order valence-electron chi connectivity index (χ3n) is 2.24. The topological polar surface area (TPSA) is 29.1 Å². The molecule has 2 atom stereocenters. The molecule has 0 heterocycles. The quantitative estimate of drug-likeness (QED) is 0.668. The third-order valence-corrected chi connectivity index (χ3v) is 2.24. The largest absolute Gasteiger partial charge is 0.351 e. The molecule has 1 rings (SSSR count). The molecular formula is C10H18FNO. The second-order valence-corrected chi connectivity index (χ2v) is 4.85. The Hall–Kier alpha value is -0.600. The molecule has 1 aliphatic rings. The van der Waals surface area contributed by atoms with E-state index in [0.717, 1.165) is 0 Å². The van der Waals surface area contributed by atoms with Gasteiger partial charge in [-0.1, -0.05) is 0 Å². The fourth-order valence-corrected chi connectivity index (χ4v) is 1.64. The van der Waals surface area contributed by atoms with E-state index in [-0.39, 0.29) is 17.4 Å². The maximum Gasteiger partial charge on any atom is 0.223 e. The number of hydrogen-bond donors (Lipinski definition) is 1. The Bertz CT molecular complexity index is 198. The van der Waals surface area contributed by atoms with Crippen LogP contribution in [0.1, 0.15) is 40.0 Å². The van der Waals surface area contributed by atoms with Gasteiger partial charge in [-0.25, -0.2) is 4.39 Å². The van der Waals surface area contributed by atoms with Crippen LogP contribution in [0.15, 0.2) is 0 Å². The molecule has 0 aromatic carbocycles. The van der Waals surface area contributed by atoms with Gasteiger partial charge in [0.2, 0.25) is 5.91 Å². The minimum atomic E-state index is -0.768. The maximum atomic E-state index is 12.8. The van der Waals surface area contributed by atoms with Crippen molar-refractivity contribution >= 4 is 5.91 Å². The van der Waals surface area contributed by atoms with Crippen molar-refractivity contribution in [2.24, 2.45) is 5.92 Å². The average molecular weight is 187 g/mol. The summed E-state index contributed by atoms with van der Waals surface area (Å²) in [4.78, 5) is 11.5. The van der Waals surface area contributed by atoms with E-state index in [1.807, 2.05) is 20.8 Å². The van der Waals surface area contributed by atoms with Crippen molar-refractivity contribution in [2.75, 3.05) is 0 Å². The van der Waals surface area contributed by atoms with E-state index < -0.39 is 6.17 Å². The van der Waals surface area contributed by atoms with Crippen molar-refractivity contribution in [3.05, 3.63) is 0 Å². The lowest BCUT2D eigenvalue weighted by Crippen LogP contribution is -2.43. The van der Waals surface area contributed by atoms with Crippen LogP contribution in [0.3, 0.4) is 0 Å². The first-order chi connectivity index (χ1) is 5.88. The molecule has 0 radical (unpaired) electrons. The first kappa shape index (κ1) is 10.5. The van der Waals surface area contributed by atoms with Gasteiger partial charge in [0.1, 0.15) is 6.17 Å². The van der Waals surface area contributed by atoms with E-state index in [0.29, 0.717) is 19.3 Å². The highest BCUT2D eigenvalue weighted by Gasteiger charge is 2.31. The van der Waals surface area contributed by atoms with Crippen molar-refractivity contribution in [1.82, 2.24) is 5.32 Å². The molecule has 0 bridgehead atoms. The predicted octanol–water partition coefficient (Wildman–Crippen LogP) is 2.04. The number of nitrogens with one attached hydrogen (secondary N) is 1. The summed E-state index contributed by atoms with van der Waals surface area (Å²) < 4.78 is 12.8. The molecule has 0 saturated heterocycles. The number of carbonyl (C=O) groups is 1. The van der Waals surface area contributed by atoms with Gasteiger partial charge in [-0.15, -0.1) is 0 Å². The summed E-state index contributed by atoms with van der Waals surface area (Å²) in [5.41, 5.74) is -0.203. The SMILES string of the molecule is CC(C)(C)NC(=O)C1CCC(F)C1. The minimum Gasteiger partial charge on any atom is -0.351 e. The van der Waals surface area contributed by atoms with E-state index in [1.165, 1.54) is 0 Å². The van der Waals surface area contributed by atoms with Gasteiger partial charge in [0.25, 0.3) is 0 Å². The Morgan fingerprint density at radius 1 is 1.38 bits per heavy atom. The molecule has 76 valence electrons. The minimum absolute atomic E-state index is 0.00708. The number of halogens is 1. The van der Waals surface area contributed by atoms with Gasteiger partial charge in [0, 0.05) is 11.5 Å². The van der Waals surface area contributed by atoms with Crippen LogP contribution < -0.4 is 5.32 Å². The molecular weight excluding hydrogens is 169 g/mol. The smallest absolute Gasteiger partial charge is 0.223 e. The molecule has 1 fully saturated rings. The zero-order valence-corrected chi connectivity index (χ0v) is 8.56. The molecule has 13 heavy (non-hydrogen) atoms. The van der Waals surface area contributed by atoms with Crippen LogP contribution in [-0.2, 0) is 4.79 Å². The monoisotopic (exact) mass is 187 g/mol. The van der Waals surface area contributed by atoms with E-state index in [2.05, 4.69) is 5.32 Å². The Morgan fingerprint density at radius 2 is 2.00 bits per heavy atom. The van der Waals surface area contributed by atoms with E-state index in [1.54, 1.807) is 0 Å². The second kappa shape index (κ2) is 3.64. The summed E-state index contributed by atoms with van der Waals surface area (Å²) in [6.45, 7) is 5.81. The van der Waals surface area contributed by atoms with Crippen LogP contribution in [0, 0.1) is 5.92 Å². The van der Waals surface area contributed by atoms with Gasteiger partial charge in [0.15, 0.2) is 0 Å². The number of carbonyl (C=O) groups excluding carboxylic acids is 1. The van der Waals surface area contributed by atoms with Crippen molar-refractivity contribution < 1.29 is 9.18 Å². The molecule has 1 amide bonds. The third kappa shape index (κ3) is 3.33. The lowest BCUT2D eigenvalue weighted by Gasteiger charge is -2.22. The Morgan fingerprint density at radius 3 is 2.38 bits per heavy atom. The molecule has 0 spiro atoms. The highest BCUT2D eigenvalue weighted by molar-refractivity contribution is 5.79. The van der Waals surface area contributed by atoms with Crippen LogP contribution in [0.25, 0.3) is 0 Å². The lowest BCUT2D eigenvalue weighted by molar-refractivity contribution is -0.126. The standard InChI is InChI=1S/C10H18FNO/c1-10(2,3)12-9(13)7-4-5-8(11)6-7/h7-8H,4-6H2,1-3H3,(H,12,13). The Kier molecular flexibility index (Phi) is 2.94. The molecule has 0 aliphatic heterocycles. The van der Waals surface area contributed by atoms with Gasteiger partial charge < -0.3 is 5.32 Å². The molecule has 0 aromatic rings. The van der Waals surface area contributed by atoms with Crippen molar-refractivity contribution in [1.29, 1.82) is 0 Å². The summed E-state index contributed by atoms with van der Waals surface area (Å²) in [6.07, 6.45) is 0.878. The van der Waals surface area contributed by atoms with Crippen LogP contribution in [-0.4, -0.2) is 17.6 Å². The van der Waals surface area contributed by atoms with Crippen LogP contribution in [0.4, 0.5) is 4.39 Å². The van der Waals surface area contributed by atoms with Crippen LogP contribution in [0.5, 0.6) is 0 Å². The first-order valence-corrected chi connectivity index (χ1v) is 4.84. The van der Waals surface area contributed by atoms with Gasteiger partial charge >= 0.3 is 0 Å². The number of hydrogen-bond acceptors (Lipinski definition) is 1. The van der Waals surface area contributed by atoms with E-state index in [4.69, 9.17) is 0 Å². The van der Waals surface area contributed by atoms with Gasteiger partial charge in [-0.2, -0.15) is 0 Å². The highest BCUT2D eigenvalue weighted by Crippen LogP contribution is 2.28. The van der Waals surface area contributed by atoms with Crippen LogP contribution >= 0.6 is 0 Å². The Balaban J connectivity index is 2.41. The zero-order valence-electron chi connectivity index (χ0n) is 8.56. The fourth-order valence-electron chi connectivity index (χ4n) is 1.64. The number of rotatable bonds is 1. The molecule has 2 unspecified atom stereocenters. The zero-order chi connectivity index (χ0) is 10.1. The van der Waals surface area contributed by atoms with Gasteiger partial charge in [-0.3, -0.25) is 4.79 Å². The lowest BCUT2D eigenvalue weighted by atomic mass is 10.0. The molecule has 2 nitrogen and oxygen atoms in total. The van der Waals surface area contributed by atoms with E-state index >= 15 is 0 Å². The molecule has 0 aromatic heterocycles. The fraction of sp³-hybridized carbons (Fsp3) is 0.900. The molecule has 1 aliphatic carbocycles. The second-order valence-electron chi connectivity index (χ2n) is 4.85.